The Labute approximate surface area is 58.7 Å². The molecule has 0 spiro atoms. The highest BCUT2D eigenvalue weighted by Gasteiger charge is 2.13. The molecule has 0 aliphatic rings. The van der Waals surface area contributed by atoms with E-state index in [1.54, 1.807) is 6.92 Å². The third-order valence-corrected chi connectivity index (χ3v) is 1.04. The van der Waals surface area contributed by atoms with E-state index in [1.165, 1.54) is 0 Å². The van der Waals surface area contributed by atoms with E-state index in [2.05, 4.69) is 5.32 Å². The van der Waals surface area contributed by atoms with Gasteiger partial charge in [0.2, 0.25) is 0 Å². The standard InChI is InChI=1S/C5H11N3O2/c1-2-3(4(9)10)8-5(6)7/h3H,2H2,1H3,(H,9,10)(H4,6,7,8)/t3-/m0/s1. The maximum atomic E-state index is 10.3. The molecule has 1 atom stereocenters. The molecule has 0 amide bonds. The average molecular weight is 145 g/mol. The Balaban J connectivity index is 3.83. The molecule has 0 saturated carbocycles. The first kappa shape index (κ1) is 8.74. The molecule has 0 aliphatic carbocycles. The summed E-state index contributed by atoms with van der Waals surface area (Å²) in [5.41, 5.74) is 4.92. The summed E-state index contributed by atoms with van der Waals surface area (Å²) in [6.07, 6.45) is 0.412. The van der Waals surface area contributed by atoms with Crippen LogP contribution in [-0.2, 0) is 4.79 Å². The Hall–Kier alpha value is -1.26. The molecule has 0 rings (SSSR count). The van der Waals surface area contributed by atoms with Crippen LogP contribution in [-0.4, -0.2) is 23.1 Å². The molecule has 10 heavy (non-hydrogen) atoms. The number of aliphatic carboxylic acids is 1. The zero-order valence-corrected chi connectivity index (χ0v) is 5.72. The van der Waals surface area contributed by atoms with Crippen LogP contribution in [0.25, 0.3) is 0 Å². The Morgan fingerprint density at radius 2 is 2.40 bits per heavy atom. The molecule has 0 heterocycles. The highest BCUT2D eigenvalue weighted by atomic mass is 16.4. The molecule has 0 aliphatic heterocycles. The van der Waals surface area contributed by atoms with Crippen molar-refractivity contribution in [1.29, 1.82) is 5.41 Å². The Kier molecular flexibility index (Phi) is 3.24. The van der Waals surface area contributed by atoms with E-state index < -0.39 is 12.0 Å². The Morgan fingerprint density at radius 3 is 2.50 bits per heavy atom. The molecule has 0 unspecified atom stereocenters. The Bertz CT molecular complexity index is 146. The van der Waals surface area contributed by atoms with Crippen LogP contribution >= 0.6 is 0 Å². The summed E-state index contributed by atoms with van der Waals surface area (Å²) >= 11 is 0. The van der Waals surface area contributed by atoms with E-state index in [1.807, 2.05) is 0 Å². The lowest BCUT2D eigenvalue weighted by Crippen LogP contribution is -2.43. The van der Waals surface area contributed by atoms with Crippen molar-refractivity contribution in [3.05, 3.63) is 0 Å². The summed E-state index contributed by atoms with van der Waals surface area (Å²) in [5.74, 6) is -1.30. The fourth-order valence-electron chi connectivity index (χ4n) is 0.526. The topological polar surface area (TPSA) is 99.2 Å². The van der Waals surface area contributed by atoms with Crippen molar-refractivity contribution in [1.82, 2.24) is 5.32 Å². The quantitative estimate of drug-likeness (QED) is 0.312. The lowest BCUT2D eigenvalue weighted by Gasteiger charge is -2.10. The van der Waals surface area contributed by atoms with E-state index in [0.29, 0.717) is 6.42 Å². The SMILES string of the molecule is CC[C@H](NC(=N)N)C(=O)O. The van der Waals surface area contributed by atoms with Gasteiger partial charge in [0, 0.05) is 0 Å². The monoisotopic (exact) mass is 145 g/mol. The second kappa shape index (κ2) is 3.71. The minimum atomic E-state index is -0.988. The number of hydrogen-bond acceptors (Lipinski definition) is 2. The van der Waals surface area contributed by atoms with Crippen molar-refractivity contribution in [3.8, 4) is 0 Å². The molecule has 0 aromatic rings. The molecule has 0 aromatic carbocycles. The van der Waals surface area contributed by atoms with Gasteiger partial charge in [0.1, 0.15) is 6.04 Å². The van der Waals surface area contributed by atoms with Crippen LogP contribution in [0.2, 0.25) is 0 Å². The molecule has 0 saturated heterocycles. The second-order valence-corrected chi connectivity index (χ2v) is 1.86. The number of carboxylic acids is 1. The van der Waals surface area contributed by atoms with E-state index >= 15 is 0 Å². The van der Waals surface area contributed by atoms with Gasteiger partial charge in [-0.05, 0) is 6.42 Å². The zero-order valence-electron chi connectivity index (χ0n) is 5.72. The van der Waals surface area contributed by atoms with Crippen molar-refractivity contribution in [2.75, 3.05) is 0 Å². The van der Waals surface area contributed by atoms with Crippen LogP contribution in [0.3, 0.4) is 0 Å². The van der Waals surface area contributed by atoms with Crippen molar-refractivity contribution in [3.63, 3.8) is 0 Å². The van der Waals surface area contributed by atoms with Crippen LogP contribution in [0.15, 0.2) is 0 Å². The van der Waals surface area contributed by atoms with Gasteiger partial charge in [0.25, 0.3) is 0 Å². The normalized spacial score (nSPS) is 12.1. The van der Waals surface area contributed by atoms with E-state index in [-0.39, 0.29) is 5.96 Å². The van der Waals surface area contributed by atoms with Gasteiger partial charge in [0.15, 0.2) is 5.96 Å². The molecule has 5 nitrogen and oxygen atoms in total. The average Bonchev–Trinajstić information content (AvgIpc) is 1.81. The molecule has 0 fully saturated rings. The largest absolute Gasteiger partial charge is 0.480 e. The lowest BCUT2D eigenvalue weighted by molar-refractivity contribution is -0.139. The van der Waals surface area contributed by atoms with Crippen molar-refractivity contribution >= 4 is 11.9 Å². The molecule has 0 radical (unpaired) electrons. The lowest BCUT2D eigenvalue weighted by atomic mass is 10.2. The first-order valence-corrected chi connectivity index (χ1v) is 2.91. The summed E-state index contributed by atoms with van der Waals surface area (Å²) in [7, 11) is 0. The van der Waals surface area contributed by atoms with Gasteiger partial charge < -0.3 is 16.2 Å². The van der Waals surface area contributed by atoms with Crippen molar-refractivity contribution < 1.29 is 9.90 Å². The molecular weight excluding hydrogens is 134 g/mol. The van der Waals surface area contributed by atoms with Gasteiger partial charge in [-0.15, -0.1) is 0 Å². The van der Waals surface area contributed by atoms with E-state index in [9.17, 15) is 4.79 Å². The maximum Gasteiger partial charge on any atom is 0.326 e. The van der Waals surface area contributed by atoms with Crippen molar-refractivity contribution in [2.45, 2.75) is 19.4 Å². The number of rotatable bonds is 3. The van der Waals surface area contributed by atoms with Crippen molar-refractivity contribution in [2.24, 2.45) is 5.73 Å². The van der Waals surface area contributed by atoms with Gasteiger partial charge in [0.05, 0.1) is 0 Å². The fraction of sp³-hybridized carbons (Fsp3) is 0.600. The van der Waals surface area contributed by atoms with Crippen LogP contribution in [0.5, 0.6) is 0 Å². The molecule has 58 valence electrons. The predicted octanol–water partition coefficient (Wildman–Crippen LogP) is -0.667. The highest BCUT2D eigenvalue weighted by molar-refractivity contribution is 5.82. The van der Waals surface area contributed by atoms with Crippen LogP contribution < -0.4 is 11.1 Å². The highest BCUT2D eigenvalue weighted by Crippen LogP contribution is 1.88. The predicted molar refractivity (Wildman–Crippen MR) is 36.8 cm³/mol. The van der Waals surface area contributed by atoms with Gasteiger partial charge in [-0.25, -0.2) is 4.79 Å². The van der Waals surface area contributed by atoms with Gasteiger partial charge in [-0.3, -0.25) is 5.41 Å². The minimum Gasteiger partial charge on any atom is -0.480 e. The summed E-state index contributed by atoms with van der Waals surface area (Å²) < 4.78 is 0. The molecular formula is C5H11N3O2. The summed E-state index contributed by atoms with van der Waals surface area (Å²) in [4.78, 5) is 10.3. The van der Waals surface area contributed by atoms with Crippen LogP contribution in [0, 0.1) is 5.41 Å². The first-order valence-electron chi connectivity index (χ1n) is 2.91. The molecule has 0 aromatic heterocycles. The van der Waals surface area contributed by atoms with Gasteiger partial charge in [-0.1, -0.05) is 6.92 Å². The minimum absolute atomic E-state index is 0.311. The first-order chi connectivity index (χ1) is 4.57. The van der Waals surface area contributed by atoms with E-state index in [0.717, 1.165) is 0 Å². The number of nitrogens with two attached hydrogens (primary N) is 1. The number of hydrogen-bond donors (Lipinski definition) is 4. The number of carboxylic acid groups (broad SMARTS) is 1. The molecule has 5 heteroatoms. The fourth-order valence-corrected chi connectivity index (χ4v) is 0.526. The van der Waals surface area contributed by atoms with Crippen LogP contribution in [0.4, 0.5) is 0 Å². The Morgan fingerprint density at radius 1 is 1.90 bits per heavy atom. The summed E-state index contributed by atoms with van der Waals surface area (Å²) in [6, 6.07) is -0.738. The maximum absolute atomic E-state index is 10.3. The second-order valence-electron chi connectivity index (χ2n) is 1.86. The third-order valence-electron chi connectivity index (χ3n) is 1.04. The molecule has 5 N–H and O–H groups in total. The zero-order chi connectivity index (χ0) is 8.15. The smallest absolute Gasteiger partial charge is 0.326 e. The van der Waals surface area contributed by atoms with E-state index in [4.69, 9.17) is 16.2 Å². The van der Waals surface area contributed by atoms with Gasteiger partial charge in [-0.2, -0.15) is 0 Å². The van der Waals surface area contributed by atoms with Crippen LogP contribution in [0.1, 0.15) is 13.3 Å². The number of carbonyl (C=O) groups is 1. The van der Waals surface area contributed by atoms with Gasteiger partial charge >= 0.3 is 5.97 Å². The third kappa shape index (κ3) is 2.91. The number of guanidine groups is 1. The molecule has 0 bridgehead atoms. The summed E-state index contributed by atoms with van der Waals surface area (Å²) in [5, 5.41) is 17.4. The summed E-state index contributed by atoms with van der Waals surface area (Å²) in [6.45, 7) is 1.70. The number of nitrogens with one attached hydrogen (secondary N) is 2.